The molecule has 1 fully saturated rings. The number of carbonyl (C=O) groups excluding carboxylic acids is 1. The Balaban J connectivity index is 2.62. The van der Waals surface area contributed by atoms with E-state index in [-0.39, 0.29) is 12.4 Å². The van der Waals surface area contributed by atoms with Crippen LogP contribution in [0, 0.1) is 5.41 Å². The summed E-state index contributed by atoms with van der Waals surface area (Å²) in [6.45, 7) is 7.16. The lowest BCUT2D eigenvalue weighted by Gasteiger charge is -2.41. The lowest BCUT2D eigenvalue weighted by molar-refractivity contribution is -0.152. The number of Topliss-reactive ketones (excluding diaryl/α,β-unsaturated/α-hetero) is 1. The zero-order chi connectivity index (χ0) is 12.2. The molecule has 1 aliphatic carbocycles. The molecule has 3 nitrogen and oxygen atoms in total. The van der Waals surface area contributed by atoms with Gasteiger partial charge in [-0.2, -0.15) is 0 Å². The first-order valence-corrected chi connectivity index (χ1v) is 6.12. The first kappa shape index (κ1) is 13.7. The van der Waals surface area contributed by atoms with Crippen molar-refractivity contribution in [2.24, 2.45) is 5.41 Å². The molecule has 0 atom stereocenters. The molecule has 1 aliphatic rings. The minimum atomic E-state index is -0.579. The topological polar surface area (TPSA) is 35.5 Å². The summed E-state index contributed by atoms with van der Waals surface area (Å²) in [4.78, 5) is 12.1. The van der Waals surface area contributed by atoms with E-state index in [9.17, 15) is 4.79 Å². The smallest absolute Gasteiger partial charge is 0.190 e. The van der Waals surface area contributed by atoms with E-state index in [1.165, 1.54) is 0 Å². The van der Waals surface area contributed by atoms with Gasteiger partial charge in [-0.3, -0.25) is 4.79 Å². The van der Waals surface area contributed by atoms with Crippen LogP contribution in [0.2, 0.25) is 0 Å². The number of methoxy groups -OCH3 is 1. The van der Waals surface area contributed by atoms with Gasteiger partial charge in [-0.1, -0.05) is 13.8 Å². The molecule has 16 heavy (non-hydrogen) atoms. The van der Waals surface area contributed by atoms with Gasteiger partial charge in [0.15, 0.2) is 5.78 Å². The maximum Gasteiger partial charge on any atom is 0.190 e. The maximum atomic E-state index is 12.1. The van der Waals surface area contributed by atoms with E-state index < -0.39 is 5.60 Å². The van der Waals surface area contributed by atoms with E-state index in [1.54, 1.807) is 7.11 Å². The predicted octanol–water partition coefficient (Wildman–Crippen LogP) is 2.58. The second-order valence-electron chi connectivity index (χ2n) is 5.42. The molecule has 0 unspecified atom stereocenters. The fourth-order valence-corrected chi connectivity index (χ4v) is 2.25. The van der Waals surface area contributed by atoms with E-state index >= 15 is 0 Å². The van der Waals surface area contributed by atoms with Crippen molar-refractivity contribution in [2.75, 3.05) is 20.3 Å². The second kappa shape index (κ2) is 5.28. The van der Waals surface area contributed by atoms with Crippen molar-refractivity contribution < 1.29 is 14.3 Å². The lowest BCUT2D eigenvalue weighted by Crippen LogP contribution is -2.47. The number of hydrogen-bond donors (Lipinski definition) is 0. The number of ketones is 1. The van der Waals surface area contributed by atoms with Crippen LogP contribution < -0.4 is 0 Å². The van der Waals surface area contributed by atoms with Crippen molar-refractivity contribution in [3.8, 4) is 0 Å². The van der Waals surface area contributed by atoms with Gasteiger partial charge in [0, 0.05) is 13.7 Å². The van der Waals surface area contributed by atoms with Crippen LogP contribution >= 0.6 is 0 Å². The Hall–Kier alpha value is -0.410. The van der Waals surface area contributed by atoms with Gasteiger partial charge in [-0.05, 0) is 38.0 Å². The van der Waals surface area contributed by atoms with Crippen molar-refractivity contribution in [2.45, 2.75) is 52.1 Å². The Kier molecular flexibility index (Phi) is 4.51. The van der Waals surface area contributed by atoms with Crippen molar-refractivity contribution >= 4 is 5.78 Å². The van der Waals surface area contributed by atoms with E-state index in [1.807, 2.05) is 6.92 Å². The van der Waals surface area contributed by atoms with Crippen LogP contribution in [0.25, 0.3) is 0 Å². The first-order valence-electron chi connectivity index (χ1n) is 6.12. The summed E-state index contributed by atoms with van der Waals surface area (Å²) < 4.78 is 10.7. The molecular formula is C13H24O3. The molecule has 0 bridgehead atoms. The Bertz CT molecular complexity index is 236. The summed E-state index contributed by atoms with van der Waals surface area (Å²) in [6.07, 6.45) is 3.72. The van der Waals surface area contributed by atoms with Crippen LogP contribution in [-0.4, -0.2) is 31.7 Å². The number of carbonyl (C=O) groups is 1. The predicted molar refractivity (Wildman–Crippen MR) is 63.5 cm³/mol. The number of ether oxygens (including phenoxy) is 2. The highest BCUT2D eigenvalue weighted by molar-refractivity contribution is 5.88. The zero-order valence-corrected chi connectivity index (χ0v) is 11.0. The van der Waals surface area contributed by atoms with Crippen LogP contribution in [0.5, 0.6) is 0 Å². The normalized spacial score (nSPS) is 23.0. The molecule has 0 amide bonds. The average molecular weight is 228 g/mol. The molecule has 3 heteroatoms. The van der Waals surface area contributed by atoms with Crippen LogP contribution in [-0.2, 0) is 14.3 Å². The van der Waals surface area contributed by atoms with Gasteiger partial charge in [0.05, 0.1) is 0 Å². The Morgan fingerprint density at radius 2 is 1.75 bits per heavy atom. The summed E-state index contributed by atoms with van der Waals surface area (Å²) in [5.41, 5.74) is -0.237. The fraction of sp³-hybridized carbons (Fsp3) is 0.923. The third-order valence-corrected chi connectivity index (χ3v) is 3.75. The number of rotatable bonds is 5. The third-order valence-electron chi connectivity index (χ3n) is 3.75. The van der Waals surface area contributed by atoms with E-state index in [2.05, 4.69) is 13.8 Å². The molecule has 0 saturated heterocycles. The standard InChI is InChI=1S/C13H24O3/c1-5-16-10-11(14)13(15-4)8-6-12(2,3)7-9-13/h5-10H2,1-4H3. The average Bonchev–Trinajstić information content (AvgIpc) is 2.27. The summed E-state index contributed by atoms with van der Waals surface area (Å²) >= 11 is 0. The van der Waals surface area contributed by atoms with Gasteiger partial charge in [0.2, 0.25) is 0 Å². The van der Waals surface area contributed by atoms with Crippen LogP contribution in [0.15, 0.2) is 0 Å². The minimum absolute atomic E-state index is 0.104. The van der Waals surface area contributed by atoms with E-state index in [0.29, 0.717) is 12.0 Å². The minimum Gasteiger partial charge on any atom is -0.374 e. The molecule has 94 valence electrons. The van der Waals surface area contributed by atoms with Gasteiger partial charge in [-0.25, -0.2) is 0 Å². The van der Waals surface area contributed by atoms with E-state index in [4.69, 9.17) is 9.47 Å². The molecule has 0 N–H and O–H groups in total. The molecule has 1 rings (SSSR count). The highest BCUT2D eigenvalue weighted by atomic mass is 16.5. The molecule has 0 spiro atoms. The molecule has 1 saturated carbocycles. The highest BCUT2D eigenvalue weighted by Crippen LogP contribution is 2.42. The molecular weight excluding hydrogens is 204 g/mol. The van der Waals surface area contributed by atoms with Gasteiger partial charge < -0.3 is 9.47 Å². The first-order chi connectivity index (χ1) is 7.46. The molecule has 0 aromatic rings. The molecule has 0 radical (unpaired) electrons. The summed E-state index contributed by atoms with van der Waals surface area (Å²) in [6, 6.07) is 0. The second-order valence-corrected chi connectivity index (χ2v) is 5.42. The number of hydrogen-bond acceptors (Lipinski definition) is 3. The largest absolute Gasteiger partial charge is 0.374 e. The Morgan fingerprint density at radius 1 is 1.19 bits per heavy atom. The maximum absolute atomic E-state index is 12.1. The molecule has 0 aliphatic heterocycles. The summed E-state index contributed by atoms with van der Waals surface area (Å²) in [5.74, 6) is 0.104. The van der Waals surface area contributed by atoms with Gasteiger partial charge in [0.1, 0.15) is 12.2 Å². The molecule has 0 aromatic heterocycles. The molecule has 0 heterocycles. The van der Waals surface area contributed by atoms with Gasteiger partial charge in [0.25, 0.3) is 0 Å². The lowest BCUT2D eigenvalue weighted by atomic mass is 9.69. The van der Waals surface area contributed by atoms with Crippen molar-refractivity contribution in [3.05, 3.63) is 0 Å². The Labute approximate surface area is 98.5 Å². The van der Waals surface area contributed by atoms with Crippen molar-refractivity contribution in [3.63, 3.8) is 0 Å². The fourth-order valence-electron chi connectivity index (χ4n) is 2.25. The van der Waals surface area contributed by atoms with Crippen LogP contribution in [0.3, 0.4) is 0 Å². The third kappa shape index (κ3) is 3.05. The van der Waals surface area contributed by atoms with Gasteiger partial charge in [-0.15, -0.1) is 0 Å². The van der Waals surface area contributed by atoms with Crippen molar-refractivity contribution in [1.82, 2.24) is 0 Å². The summed E-state index contributed by atoms with van der Waals surface area (Å²) in [7, 11) is 1.64. The zero-order valence-electron chi connectivity index (χ0n) is 11.0. The highest BCUT2D eigenvalue weighted by Gasteiger charge is 2.43. The quantitative estimate of drug-likeness (QED) is 0.725. The van der Waals surface area contributed by atoms with Crippen LogP contribution in [0.1, 0.15) is 46.5 Å². The molecule has 0 aromatic carbocycles. The van der Waals surface area contributed by atoms with E-state index in [0.717, 1.165) is 25.7 Å². The van der Waals surface area contributed by atoms with Crippen LogP contribution in [0.4, 0.5) is 0 Å². The van der Waals surface area contributed by atoms with Gasteiger partial charge >= 0.3 is 0 Å². The SMILES string of the molecule is CCOCC(=O)C1(OC)CCC(C)(C)CC1. The monoisotopic (exact) mass is 228 g/mol. The summed E-state index contributed by atoms with van der Waals surface area (Å²) in [5, 5.41) is 0. The Morgan fingerprint density at radius 3 is 2.19 bits per heavy atom. The van der Waals surface area contributed by atoms with Crippen molar-refractivity contribution in [1.29, 1.82) is 0 Å².